The van der Waals surface area contributed by atoms with Crippen LogP contribution in [-0.4, -0.2) is 27.9 Å². The van der Waals surface area contributed by atoms with Gasteiger partial charge in [-0.15, -0.1) is 0 Å². The Morgan fingerprint density at radius 1 is 1.36 bits per heavy atom. The number of nitrogens with one attached hydrogen (secondary N) is 1. The molecule has 0 spiro atoms. The topological polar surface area (TPSA) is 77.0 Å². The van der Waals surface area contributed by atoms with Crippen molar-refractivity contribution in [2.75, 3.05) is 0 Å². The SMILES string of the molecule is CC[C@@H](C)[C@H](C)N(C(=O)CCc1c(C)[nH]c(=O)c(C#N)c1C)C1CC1. The van der Waals surface area contributed by atoms with Crippen molar-refractivity contribution in [3.63, 3.8) is 0 Å². The Hall–Kier alpha value is -2.09. The molecule has 0 aliphatic heterocycles. The summed E-state index contributed by atoms with van der Waals surface area (Å²) in [6.45, 7) is 10.1. The van der Waals surface area contributed by atoms with Gasteiger partial charge in [-0.3, -0.25) is 9.59 Å². The Labute approximate surface area is 150 Å². The summed E-state index contributed by atoms with van der Waals surface area (Å²) in [5.74, 6) is 0.658. The molecule has 1 saturated carbocycles. The third-order valence-corrected chi connectivity index (χ3v) is 5.64. The fourth-order valence-electron chi connectivity index (χ4n) is 3.51. The molecule has 1 heterocycles. The lowest BCUT2D eigenvalue weighted by molar-refractivity contribution is -0.134. The van der Waals surface area contributed by atoms with Crippen LogP contribution in [0.5, 0.6) is 0 Å². The van der Waals surface area contributed by atoms with Gasteiger partial charge in [-0.05, 0) is 57.1 Å². The first-order valence-electron chi connectivity index (χ1n) is 9.25. The van der Waals surface area contributed by atoms with Gasteiger partial charge in [0.15, 0.2) is 0 Å². The second-order valence-corrected chi connectivity index (χ2v) is 7.33. The van der Waals surface area contributed by atoms with Gasteiger partial charge in [0.1, 0.15) is 11.6 Å². The van der Waals surface area contributed by atoms with Crippen LogP contribution >= 0.6 is 0 Å². The molecule has 1 aromatic heterocycles. The molecule has 0 bridgehead atoms. The van der Waals surface area contributed by atoms with Crippen LogP contribution in [-0.2, 0) is 11.2 Å². The van der Waals surface area contributed by atoms with Crippen LogP contribution < -0.4 is 5.56 Å². The molecule has 2 rings (SSSR count). The van der Waals surface area contributed by atoms with Crippen molar-refractivity contribution in [1.29, 1.82) is 5.26 Å². The van der Waals surface area contributed by atoms with E-state index < -0.39 is 0 Å². The fraction of sp³-hybridized carbons (Fsp3) is 0.650. The van der Waals surface area contributed by atoms with E-state index in [0.29, 0.717) is 30.4 Å². The zero-order valence-corrected chi connectivity index (χ0v) is 16.0. The maximum atomic E-state index is 12.9. The molecule has 1 aromatic rings. The number of aryl methyl sites for hydroxylation is 1. The maximum absolute atomic E-state index is 12.9. The molecule has 136 valence electrons. The molecule has 1 N–H and O–H groups in total. The summed E-state index contributed by atoms with van der Waals surface area (Å²) in [5, 5.41) is 9.18. The van der Waals surface area contributed by atoms with Crippen LogP contribution in [0.25, 0.3) is 0 Å². The third-order valence-electron chi connectivity index (χ3n) is 5.64. The van der Waals surface area contributed by atoms with Crippen LogP contribution in [0.15, 0.2) is 4.79 Å². The molecule has 0 unspecified atom stereocenters. The number of aromatic amines is 1. The maximum Gasteiger partial charge on any atom is 0.266 e. The van der Waals surface area contributed by atoms with E-state index in [0.717, 1.165) is 30.5 Å². The fourth-order valence-corrected chi connectivity index (χ4v) is 3.51. The van der Waals surface area contributed by atoms with Gasteiger partial charge in [0.2, 0.25) is 5.91 Å². The first kappa shape index (κ1) is 19.2. The number of aromatic nitrogens is 1. The van der Waals surface area contributed by atoms with Gasteiger partial charge in [0.25, 0.3) is 5.56 Å². The van der Waals surface area contributed by atoms with Gasteiger partial charge in [0.05, 0.1) is 0 Å². The minimum Gasteiger partial charge on any atom is -0.337 e. The van der Waals surface area contributed by atoms with Crippen molar-refractivity contribution in [2.24, 2.45) is 5.92 Å². The Morgan fingerprint density at radius 3 is 2.52 bits per heavy atom. The Bertz CT molecular complexity index is 741. The number of pyridine rings is 1. The normalized spacial score (nSPS) is 16.2. The number of hydrogen-bond acceptors (Lipinski definition) is 3. The first-order chi connectivity index (χ1) is 11.8. The molecule has 2 atom stereocenters. The summed E-state index contributed by atoms with van der Waals surface area (Å²) in [7, 11) is 0. The Kier molecular flexibility index (Phi) is 6.05. The van der Waals surface area contributed by atoms with Crippen LogP contribution in [0.3, 0.4) is 0 Å². The van der Waals surface area contributed by atoms with E-state index in [1.54, 1.807) is 6.92 Å². The number of carbonyl (C=O) groups excluding carboxylic acids is 1. The van der Waals surface area contributed by atoms with E-state index in [1.807, 2.05) is 13.0 Å². The van der Waals surface area contributed by atoms with E-state index in [4.69, 9.17) is 0 Å². The number of rotatable bonds is 7. The van der Waals surface area contributed by atoms with Gasteiger partial charge < -0.3 is 9.88 Å². The highest BCUT2D eigenvalue weighted by Gasteiger charge is 2.36. The van der Waals surface area contributed by atoms with Gasteiger partial charge in [-0.1, -0.05) is 20.3 Å². The molecule has 0 saturated heterocycles. The van der Waals surface area contributed by atoms with E-state index in [-0.39, 0.29) is 23.1 Å². The van der Waals surface area contributed by atoms with Gasteiger partial charge >= 0.3 is 0 Å². The minimum absolute atomic E-state index is 0.153. The lowest BCUT2D eigenvalue weighted by Crippen LogP contribution is -2.43. The average molecular weight is 343 g/mol. The van der Waals surface area contributed by atoms with Crippen LogP contribution in [0.4, 0.5) is 0 Å². The number of nitrogens with zero attached hydrogens (tertiary/aromatic N) is 2. The van der Waals surface area contributed by atoms with Crippen molar-refractivity contribution in [1.82, 2.24) is 9.88 Å². The van der Waals surface area contributed by atoms with E-state index in [2.05, 4.69) is 30.7 Å². The molecular weight excluding hydrogens is 314 g/mol. The predicted octanol–water partition coefficient (Wildman–Crippen LogP) is 3.22. The van der Waals surface area contributed by atoms with Gasteiger partial charge in [-0.25, -0.2) is 0 Å². The number of carbonyl (C=O) groups is 1. The van der Waals surface area contributed by atoms with Crippen LogP contribution in [0.2, 0.25) is 0 Å². The highest BCUT2D eigenvalue weighted by molar-refractivity contribution is 5.77. The summed E-state index contributed by atoms with van der Waals surface area (Å²) in [4.78, 5) is 29.5. The second kappa shape index (κ2) is 7.86. The smallest absolute Gasteiger partial charge is 0.266 e. The van der Waals surface area contributed by atoms with E-state index >= 15 is 0 Å². The summed E-state index contributed by atoms with van der Waals surface area (Å²) in [6.07, 6.45) is 4.22. The monoisotopic (exact) mass is 343 g/mol. The molecule has 1 fully saturated rings. The Balaban J connectivity index is 2.16. The highest BCUT2D eigenvalue weighted by Crippen LogP contribution is 2.32. The number of H-pyrrole nitrogens is 1. The third kappa shape index (κ3) is 4.12. The molecule has 25 heavy (non-hydrogen) atoms. The summed E-state index contributed by atoms with van der Waals surface area (Å²) in [5.41, 5.74) is 2.17. The molecular formula is C20H29N3O2. The zero-order valence-electron chi connectivity index (χ0n) is 16.0. The largest absolute Gasteiger partial charge is 0.337 e. The molecule has 1 aliphatic rings. The molecule has 0 radical (unpaired) electrons. The molecule has 5 heteroatoms. The van der Waals surface area contributed by atoms with Crippen LogP contribution in [0.1, 0.15) is 68.8 Å². The summed E-state index contributed by atoms with van der Waals surface area (Å²) >= 11 is 0. The molecule has 1 amide bonds. The quantitative estimate of drug-likeness (QED) is 0.826. The zero-order chi connectivity index (χ0) is 18.7. The lowest BCUT2D eigenvalue weighted by Gasteiger charge is -2.33. The first-order valence-corrected chi connectivity index (χ1v) is 9.25. The van der Waals surface area contributed by atoms with E-state index in [9.17, 15) is 14.9 Å². The van der Waals surface area contributed by atoms with Crippen molar-refractivity contribution in [3.05, 3.63) is 32.7 Å². The van der Waals surface area contributed by atoms with Gasteiger partial charge in [-0.2, -0.15) is 5.26 Å². The van der Waals surface area contributed by atoms with Crippen molar-refractivity contribution in [3.8, 4) is 6.07 Å². The van der Waals surface area contributed by atoms with Crippen molar-refractivity contribution >= 4 is 5.91 Å². The number of hydrogen-bond donors (Lipinski definition) is 1. The second-order valence-electron chi connectivity index (χ2n) is 7.33. The summed E-state index contributed by atoms with van der Waals surface area (Å²) in [6, 6.07) is 2.61. The van der Waals surface area contributed by atoms with E-state index in [1.165, 1.54) is 0 Å². The predicted molar refractivity (Wildman–Crippen MR) is 98.4 cm³/mol. The lowest BCUT2D eigenvalue weighted by atomic mass is 9.96. The van der Waals surface area contributed by atoms with Crippen molar-refractivity contribution < 1.29 is 4.79 Å². The molecule has 1 aliphatic carbocycles. The average Bonchev–Trinajstić information content (AvgIpc) is 3.38. The molecule has 5 nitrogen and oxygen atoms in total. The highest BCUT2D eigenvalue weighted by atomic mass is 16.2. The summed E-state index contributed by atoms with van der Waals surface area (Å²) < 4.78 is 0. The Morgan fingerprint density at radius 2 is 2.00 bits per heavy atom. The van der Waals surface area contributed by atoms with Crippen LogP contribution in [0, 0.1) is 31.1 Å². The number of nitriles is 1. The minimum atomic E-state index is -0.349. The van der Waals surface area contributed by atoms with Gasteiger partial charge in [0, 0.05) is 24.2 Å². The molecule has 0 aromatic carbocycles. The van der Waals surface area contributed by atoms with Crippen molar-refractivity contribution in [2.45, 2.75) is 78.8 Å². The standard InChI is InChI=1S/C20H29N3O2/c1-6-12(2)15(5)23(16-7-8-16)19(24)10-9-17-13(3)18(11-21)20(25)22-14(17)4/h12,15-16H,6-10H2,1-5H3,(H,22,25)/t12-,15+/m1/s1. The number of amides is 1.